The molecule has 3 rings (SSSR count). The fourth-order valence-electron chi connectivity index (χ4n) is 2.14. The van der Waals surface area contributed by atoms with Crippen LogP contribution in [0.5, 0.6) is 0 Å². The first-order valence-corrected chi connectivity index (χ1v) is 6.01. The molecule has 88 valence electrons. The van der Waals surface area contributed by atoms with Gasteiger partial charge in [0.25, 0.3) is 0 Å². The zero-order chi connectivity index (χ0) is 11.0. The highest BCUT2D eigenvalue weighted by molar-refractivity contribution is 5.04. The van der Waals surface area contributed by atoms with Crippen molar-refractivity contribution in [2.75, 3.05) is 13.2 Å². The van der Waals surface area contributed by atoms with E-state index in [9.17, 15) is 0 Å². The van der Waals surface area contributed by atoms with E-state index in [1.165, 1.54) is 12.8 Å². The Balaban J connectivity index is 1.69. The fourth-order valence-corrected chi connectivity index (χ4v) is 2.14. The first kappa shape index (κ1) is 10.2. The lowest BCUT2D eigenvalue weighted by Crippen LogP contribution is -2.29. The van der Waals surface area contributed by atoms with E-state index in [0.717, 1.165) is 25.3 Å². The summed E-state index contributed by atoms with van der Waals surface area (Å²) in [6.45, 7) is 1.57. The molecule has 1 saturated heterocycles. The Bertz CT molecular complexity index is 356. The normalized spacial score (nSPS) is 27.9. The monoisotopic (exact) mass is 223 g/mol. The summed E-state index contributed by atoms with van der Waals surface area (Å²) < 4.78 is 10.6. The van der Waals surface area contributed by atoms with Crippen LogP contribution in [-0.4, -0.2) is 23.4 Å². The third kappa shape index (κ3) is 1.97. The maximum absolute atomic E-state index is 6.14. The molecule has 5 heteroatoms. The Hall–Kier alpha value is -0.940. The number of hydrogen-bond acceptors (Lipinski definition) is 5. The van der Waals surface area contributed by atoms with Gasteiger partial charge in [0, 0.05) is 18.4 Å². The molecular weight excluding hydrogens is 206 g/mol. The first-order valence-electron chi connectivity index (χ1n) is 6.01. The van der Waals surface area contributed by atoms with Crippen LogP contribution in [0.15, 0.2) is 4.52 Å². The number of nitrogens with zero attached hydrogens (tertiary/aromatic N) is 2. The summed E-state index contributed by atoms with van der Waals surface area (Å²) in [5.74, 6) is 2.24. The van der Waals surface area contributed by atoms with Crippen LogP contribution in [0.25, 0.3) is 0 Å². The minimum atomic E-state index is -0.142. The molecule has 1 aromatic rings. The molecule has 1 aliphatic heterocycles. The van der Waals surface area contributed by atoms with Gasteiger partial charge in [-0.2, -0.15) is 4.98 Å². The maximum Gasteiger partial charge on any atom is 0.229 e. The molecule has 2 atom stereocenters. The zero-order valence-electron chi connectivity index (χ0n) is 9.26. The summed E-state index contributed by atoms with van der Waals surface area (Å²) in [6.07, 6.45) is 4.51. The number of aromatic nitrogens is 2. The molecule has 0 spiro atoms. The average molecular weight is 223 g/mol. The average Bonchev–Trinajstić information content (AvgIpc) is 3.08. The number of rotatable bonds is 3. The van der Waals surface area contributed by atoms with Gasteiger partial charge in [-0.3, -0.25) is 0 Å². The number of nitrogens with two attached hydrogens (primary N) is 1. The SMILES string of the molecule is NC(c1noc(C2CC2)n1)C1CCCOC1. The predicted molar refractivity (Wildman–Crippen MR) is 56.7 cm³/mol. The molecule has 16 heavy (non-hydrogen) atoms. The molecule has 1 aromatic heterocycles. The first-order chi connectivity index (χ1) is 7.84. The summed E-state index contributed by atoms with van der Waals surface area (Å²) >= 11 is 0. The number of ether oxygens (including phenoxy) is 1. The van der Waals surface area contributed by atoms with Gasteiger partial charge in [-0.1, -0.05) is 5.16 Å². The quantitative estimate of drug-likeness (QED) is 0.837. The van der Waals surface area contributed by atoms with Crippen molar-refractivity contribution < 1.29 is 9.26 Å². The lowest BCUT2D eigenvalue weighted by Gasteiger charge is -2.25. The van der Waals surface area contributed by atoms with Crippen LogP contribution in [0.4, 0.5) is 0 Å². The van der Waals surface area contributed by atoms with Crippen LogP contribution in [0.3, 0.4) is 0 Å². The molecule has 0 aromatic carbocycles. The molecule has 1 aliphatic carbocycles. The molecule has 0 radical (unpaired) electrons. The second kappa shape index (κ2) is 4.14. The molecule has 2 aliphatic rings. The molecule has 5 nitrogen and oxygen atoms in total. The van der Waals surface area contributed by atoms with E-state index in [1.807, 2.05) is 0 Å². The summed E-state index contributed by atoms with van der Waals surface area (Å²) in [5, 5.41) is 3.99. The summed E-state index contributed by atoms with van der Waals surface area (Å²) in [4.78, 5) is 4.39. The van der Waals surface area contributed by atoms with Crippen molar-refractivity contribution >= 4 is 0 Å². The second-order valence-electron chi connectivity index (χ2n) is 4.77. The third-order valence-corrected chi connectivity index (χ3v) is 3.39. The molecular formula is C11H17N3O2. The summed E-state index contributed by atoms with van der Waals surface area (Å²) in [6, 6.07) is -0.142. The van der Waals surface area contributed by atoms with E-state index in [0.29, 0.717) is 24.3 Å². The van der Waals surface area contributed by atoms with E-state index < -0.39 is 0 Å². The lowest BCUT2D eigenvalue weighted by molar-refractivity contribution is 0.0433. The smallest absolute Gasteiger partial charge is 0.229 e. The van der Waals surface area contributed by atoms with Crippen molar-refractivity contribution in [3.63, 3.8) is 0 Å². The Morgan fingerprint density at radius 2 is 2.19 bits per heavy atom. The topological polar surface area (TPSA) is 74.2 Å². The lowest BCUT2D eigenvalue weighted by atomic mass is 9.94. The summed E-state index contributed by atoms with van der Waals surface area (Å²) in [5.41, 5.74) is 6.14. The van der Waals surface area contributed by atoms with Crippen LogP contribution < -0.4 is 5.73 Å². The maximum atomic E-state index is 6.14. The van der Waals surface area contributed by atoms with Crippen LogP contribution in [0, 0.1) is 5.92 Å². The molecule has 2 unspecified atom stereocenters. The highest BCUT2D eigenvalue weighted by atomic mass is 16.5. The van der Waals surface area contributed by atoms with E-state index in [4.69, 9.17) is 15.0 Å². The molecule has 0 amide bonds. The van der Waals surface area contributed by atoms with E-state index in [1.54, 1.807) is 0 Å². The van der Waals surface area contributed by atoms with Crippen LogP contribution in [0.2, 0.25) is 0 Å². The number of hydrogen-bond donors (Lipinski definition) is 1. The molecule has 2 fully saturated rings. The van der Waals surface area contributed by atoms with Crippen molar-refractivity contribution in [1.29, 1.82) is 0 Å². The van der Waals surface area contributed by atoms with Gasteiger partial charge in [-0.05, 0) is 25.7 Å². The highest BCUT2D eigenvalue weighted by Crippen LogP contribution is 2.39. The van der Waals surface area contributed by atoms with Crippen molar-refractivity contribution in [3.8, 4) is 0 Å². The molecule has 2 N–H and O–H groups in total. The van der Waals surface area contributed by atoms with E-state index >= 15 is 0 Å². The Morgan fingerprint density at radius 1 is 1.31 bits per heavy atom. The van der Waals surface area contributed by atoms with Gasteiger partial charge in [0.15, 0.2) is 5.82 Å². The van der Waals surface area contributed by atoms with Gasteiger partial charge in [0.1, 0.15) is 0 Å². The highest BCUT2D eigenvalue weighted by Gasteiger charge is 2.32. The van der Waals surface area contributed by atoms with Gasteiger partial charge < -0.3 is 15.0 Å². The van der Waals surface area contributed by atoms with Crippen LogP contribution in [-0.2, 0) is 4.74 Å². The molecule has 2 heterocycles. The Morgan fingerprint density at radius 3 is 2.88 bits per heavy atom. The standard InChI is InChI=1S/C11H17N3O2/c12-9(8-2-1-5-15-6-8)10-13-11(16-14-10)7-3-4-7/h7-9H,1-6,12H2. The third-order valence-electron chi connectivity index (χ3n) is 3.39. The second-order valence-corrected chi connectivity index (χ2v) is 4.77. The fraction of sp³-hybridized carbons (Fsp3) is 0.818. The van der Waals surface area contributed by atoms with Crippen LogP contribution >= 0.6 is 0 Å². The van der Waals surface area contributed by atoms with Gasteiger partial charge in [-0.15, -0.1) is 0 Å². The van der Waals surface area contributed by atoms with Crippen LogP contribution in [0.1, 0.15) is 49.4 Å². The van der Waals surface area contributed by atoms with Gasteiger partial charge in [-0.25, -0.2) is 0 Å². The van der Waals surface area contributed by atoms with Crippen molar-refractivity contribution in [3.05, 3.63) is 11.7 Å². The van der Waals surface area contributed by atoms with Gasteiger partial charge in [0.2, 0.25) is 5.89 Å². The summed E-state index contributed by atoms with van der Waals surface area (Å²) in [7, 11) is 0. The predicted octanol–water partition coefficient (Wildman–Crippen LogP) is 1.37. The molecule has 0 bridgehead atoms. The molecule has 1 saturated carbocycles. The van der Waals surface area contributed by atoms with E-state index in [-0.39, 0.29) is 6.04 Å². The largest absolute Gasteiger partial charge is 0.381 e. The zero-order valence-corrected chi connectivity index (χ0v) is 9.26. The minimum absolute atomic E-state index is 0.142. The van der Waals surface area contributed by atoms with Crippen molar-refractivity contribution in [2.24, 2.45) is 11.7 Å². The van der Waals surface area contributed by atoms with Gasteiger partial charge in [0.05, 0.1) is 12.6 Å². The minimum Gasteiger partial charge on any atom is -0.381 e. The van der Waals surface area contributed by atoms with Gasteiger partial charge >= 0.3 is 0 Å². The van der Waals surface area contributed by atoms with Crippen molar-refractivity contribution in [2.45, 2.75) is 37.6 Å². The Labute approximate surface area is 94.3 Å². The Kier molecular flexibility index (Phi) is 2.65. The van der Waals surface area contributed by atoms with Crippen molar-refractivity contribution in [1.82, 2.24) is 10.1 Å². The van der Waals surface area contributed by atoms with E-state index in [2.05, 4.69) is 10.1 Å².